The Kier molecular flexibility index (Phi) is 5.47. The zero-order valence-electron chi connectivity index (χ0n) is 12.2. The first kappa shape index (κ1) is 14.9. The molecule has 5 heteroatoms. The number of hydrogen-bond acceptors (Lipinski definition) is 3. The van der Waals surface area contributed by atoms with Crippen molar-refractivity contribution >= 4 is 23.0 Å². The molecule has 1 aliphatic carbocycles. The van der Waals surface area contributed by atoms with Gasteiger partial charge in [0.05, 0.1) is 11.4 Å². The molecule has 0 saturated heterocycles. The molecule has 1 heterocycles. The van der Waals surface area contributed by atoms with Gasteiger partial charge in [0.25, 0.3) is 0 Å². The fourth-order valence-corrected chi connectivity index (χ4v) is 2.67. The number of nitrogens with zero attached hydrogens (tertiary/aromatic N) is 3. The van der Waals surface area contributed by atoms with Crippen LogP contribution in [0.5, 0.6) is 0 Å². The highest BCUT2D eigenvalue weighted by Gasteiger charge is 2.19. The van der Waals surface area contributed by atoms with Crippen LogP contribution in [0.15, 0.2) is 29.5 Å². The lowest BCUT2D eigenvalue weighted by Gasteiger charge is -2.32. The van der Waals surface area contributed by atoms with Crippen LogP contribution < -0.4 is 5.43 Å². The Balaban J connectivity index is 1.90. The van der Waals surface area contributed by atoms with Crippen LogP contribution in [0.2, 0.25) is 0 Å². The molecule has 0 aromatic carbocycles. The third kappa shape index (κ3) is 4.00. The van der Waals surface area contributed by atoms with Crippen LogP contribution in [0.25, 0.3) is 0 Å². The van der Waals surface area contributed by atoms with Crippen molar-refractivity contribution in [1.82, 2.24) is 15.3 Å². The zero-order chi connectivity index (χ0) is 14.4. The molecule has 0 amide bonds. The van der Waals surface area contributed by atoms with E-state index in [-0.39, 0.29) is 0 Å². The smallest absolute Gasteiger partial charge is 0.189 e. The van der Waals surface area contributed by atoms with E-state index in [0.29, 0.717) is 11.2 Å². The summed E-state index contributed by atoms with van der Waals surface area (Å²) in [5, 5.41) is 5.02. The normalized spacial score (nSPS) is 16.8. The van der Waals surface area contributed by atoms with Crippen molar-refractivity contribution < 1.29 is 0 Å². The number of rotatable bonds is 3. The van der Waals surface area contributed by atoms with Crippen LogP contribution in [0.1, 0.15) is 44.7 Å². The van der Waals surface area contributed by atoms with Gasteiger partial charge in [0.15, 0.2) is 5.11 Å². The molecule has 1 aliphatic rings. The highest BCUT2D eigenvalue weighted by Crippen LogP contribution is 2.21. The standard InChI is InChI=1S/C15H22N4S/c1-12(14-10-6-7-11-16-14)17-18-15(20)19(2)13-8-4-3-5-9-13/h6-7,10-11,13H,3-5,8-9H2,1-2H3,(H,18,20). The van der Waals surface area contributed by atoms with Gasteiger partial charge in [0.1, 0.15) is 0 Å². The molecule has 0 bridgehead atoms. The number of hydrogen-bond donors (Lipinski definition) is 1. The Morgan fingerprint density at radius 3 is 2.75 bits per heavy atom. The zero-order valence-corrected chi connectivity index (χ0v) is 13.0. The molecule has 1 fully saturated rings. The van der Waals surface area contributed by atoms with E-state index in [1.54, 1.807) is 6.20 Å². The van der Waals surface area contributed by atoms with Crippen molar-refractivity contribution in [2.24, 2.45) is 5.10 Å². The Hall–Kier alpha value is -1.49. The lowest BCUT2D eigenvalue weighted by atomic mass is 9.95. The molecule has 1 N–H and O–H groups in total. The summed E-state index contributed by atoms with van der Waals surface area (Å²) < 4.78 is 0. The van der Waals surface area contributed by atoms with Crippen LogP contribution >= 0.6 is 12.2 Å². The minimum atomic E-state index is 0.550. The van der Waals surface area contributed by atoms with Gasteiger partial charge in [-0.15, -0.1) is 0 Å². The van der Waals surface area contributed by atoms with Gasteiger partial charge in [-0.3, -0.25) is 10.4 Å². The molecular formula is C15H22N4S. The molecule has 0 radical (unpaired) electrons. The van der Waals surface area contributed by atoms with Gasteiger partial charge in [0.2, 0.25) is 0 Å². The van der Waals surface area contributed by atoms with Gasteiger partial charge < -0.3 is 4.90 Å². The third-order valence-electron chi connectivity index (χ3n) is 3.80. The Bertz CT molecular complexity index is 466. The van der Waals surface area contributed by atoms with E-state index >= 15 is 0 Å². The van der Waals surface area contributed by atoms with Crippen LogP contribution in [0, 0.1) is 0 Å². The summed E-state index contributed by atoms with van der Waals surface area (Å²) in [6.07, 6.45) is 8.16. The van der Waals surface area contributed by atoms with E-state index in [4.69, 9.17) is 12.2 Å². The lowest BCUT2D eigenvalue weighted by molar-refractivity contribution is 0.276. The summed E-state index contributed by atoms with van der Waals surface area (Å²) in [6, 6.07) is 6.34. The quantitative estimate of drug-likeness (QED) is 0.528. The van der Waals surface area contributed by atoms with Gasteiger partial charge >= 0.3 is 0 Å². The SMILES string of the molecule is CC(=NNC(=S)N(C)C1CCCCC1)c1ccccn1. The van der Waals surface area contributed by atoms with Crippen LogP contribution in [0.3, 0.4) is 0 Å². The molecule has 0 unspecified atom stereocenters. The molecule has 1 aromatic rings. The average Bonchev–Trinajstić information content (AvgIpc) is 2.53. The monoisotopic (exact) mass is 290 g/mol. The molecule has 108 valence electrons. The van der Waals surface area contributed by atoms with Crippen molar-refractivity contribution in [3.05, 3.63) is 30.1 Å². The molecular weight excluding hydrogens is 268 g/mol. The number of aromatic nitrogens is 1. The molecule has 0 atom stereocenters. The molecule has 20 heavy (non-hydrogen) atoms. The number of nitrogens with one attached hydrogen (secondary N) is 1. The number of thiocarbonyl (C=S) groups is 1. The molecule has 0 spiro atoms. The second kappa shape index (κ2) is 7.33. The Morgan fingerprint density at radius 2 is 2.10 bits per heavy atom. The van der Waals surface area contributed by atoms with Crippen molar-refractivity contribution in [1.29, 1.82) is 0 Å². The minimum absolute atomic E-state index is 0.550. The summed E-state index contributed by atoms with van der Waals surface area (Å²) in [5.74, 6) is 0. The molecule has 1 saturated carbocycles. The van der Waals surface area contributed by atoms with Crippen molar-refractivity contribution in [2.45, 2.75) is 45.1 Å². The van der Waals surface area contributed by atoms with Crippen molar-refractivity contribution in [3.8, 4) is 0 Å². The minimum Gasteiger partial charge on any atom is -0.348 e. The highest BCUT2D eigenvalue weighted by atomic mass is 32.1. The first-order valence-corrected chi connectivity index (χ1v) is 7.58. The summed E-state index contributed by atoms with van der Waals surface area (Å²) >= 11 is 5.41. The predicted octanol–water partition coefficient (Wildman–Crippen LogP) is 2.94. The predicted molar refractivity (Wildman–Crippen MR) is 86.8 cm³/mol. The second-order valence-corrected chi connectivity index (χ2v) is 5.62. The second-order valence-electron chi connectivity index (χ2n) is 5.23. The lowest BCUT2D eigenvalue weighted by Crippen LogP contribution is -2.42. The molecule has 4 nitrogen and oxygen atoms in total. The Morgan fingerprint density at radius 1 is 1.35 bits per heavy atom. The summed E-state index contributed by atoms with van der Waals surface area (Å²) in [4.78, 5) is 6.41. The number of hydrazone groups is 1. The maximum atomic E-state index is 5.41. The van der Waals surface area contributed by atoms with Crippen LogP contribution in [0.4, 0.5) is 0 Å². The van der Waals surface area contributed by atoms with Crippen molar-refractivity contribution in [3.63, 3.8) is 0 Å². The maximum Gasteiger partial charge on any atom is 0.189 e. The summed E-state index contributed by atoms with van der Waals surface area (Å²) in [6.45, 7) is 1.93. The summed E-state index contributed by atoms with van der Waals surface area (Å²) in [5.41, 5.74) is 4.69. The average molecular weight is 290 g/mol. The van der Waals surface area contributed by atoms with Gasteiger partial charge in [-0.05, 0) is 44.1 Å². The van der Waals surface area contributed by atoms with Gasteiger partial charge in [-0.1, -0.05) is 25.3 Å². The number of pyridine rings is 1. The first-order chi connectivity index (χ1) is 9.68. The molecule has 0 aliphatic heterocycles. The van der Waals surface area contributed by atoms with E-state index in [9.17, 15) is 0 Å². The van der Waals surface area contributed by atoms with Crippen LogP contribution in [-0.4, -0.2) is 33.8 Å². The fourth-order valence-electron chi connectivity index (χ4n) is 2.48. The largest absolute Gasteiger partial charge is 0.348 e. The molecule has 1 aromatic heterocycles. The fraction of sp³-hybridized carbons (Fsp3) is 0.533. The summed E-state index contributed by atoms with van der Waals surface area (Å²) in [7, 11) is 2.05. The maximum absolute atomic E-state index is 5.41. The van der Waals surface area contributed by atoms with Crippen molar-refractivity contribution in [2.75, 3.05) is 7.05 Å². The molecule has 2 rings (SSSR count). The van der Waals surface area contributed by atoms with E-state index in [1.807, 2.05) is 25.1 Å². The van der Waals surface area contributed by atoms with Gasteiger partial charge in [-0.25, -0.2) is 0 Å². The van der Waals surface area contributed by atoms with E-state index < -0.39 is 0 Å². The van der Waals surface area contributed by atoms with E-state index in [0.717, 1.165) is 11.4 Å². The first-order valence-electron chi connectivity index (χ1n) is 7.17. The third-order valence-corrected chi connectivity index (χ3v) is 4.18. The van der Waals surface area contributed by atoms with E-state index in [2.05, 4.69) is 27.5 Å². The highest BCUT2D eigenvalue weighted by molar-refractivity contribution is 7.80. The van der Waals surface area contributed by atoms with Crippen LogP contribution in [-0.2, 0) is 0 Å². The van der Waals surface area contributed by atoms with E-state index in [1.165, 1.54) is 32.1 Å². The topological polar surface area (TPSA) is 40.5 Å². The Labute approximate surface area is 126 Å². The van der Waals surface area contributed by atoms with Gasteiger partial charge in [-0.2, -0.15) is 5.10 Å². The van der Waals surface area contributed by atoms with Gasteiger partial charge in [0, 0.05) is 19.3 Å².